The Hall–Kier alpha value is -6.67. The highest BCUT2D eigenvalue weighted by Crippen LogP contribution is 2.43. The van der Waals surface area contributed by atoms with Gasteiger partial charge >= 0.3 is 0 Å². The molecule has 7 aromatic rings. The van der Waals surface area contributed by atoms with Gasteiger partial charge in [0.15, 0.2) is 17.5 Å². The molecule has 0 radical (unpaired) electrons. The number of hydrogen-bond donors (Lipinski definition) is 0. The van der Waals surface area contributed by atoms with Crippen LogP contribution in [0, 0.1) is 12.7 Å². The second kappa shape index (κ2) is 13.3. The Bertz CT molecular complexity index is 2780. The van der Waals surface area contributed by atoms with Gasteiger partial charge in [-0.05, 0) is 126 Å². The minimum Gasteiger partial charge on any atom is -0.368 e. The van der Waals surface area contributed by atoms with Crippen LogP contribution in [0.25, 0.3) is 55.7 Å². The molecule has 0 amide bonds. The van der Waals surface area contributed by atoms with Crippen LogP contribution in [-0.4, -0.2) is 41.9 Å². The summed E-state index contributed by atoms with van der Waals surface area (Å²) in [6.45, 7) is 1.88. The molecule has 2 aliphatic carbocycles. The van der Waals surface area contributed by atoms with Crippen molar-refractivity contribution >= 4 is 33.0 Å². The predicted molar refractivity (Wildman–Crippen MR) is 216 cm³/mol. The number of allylic oxidation sites excluding steroid dienone is 4. The Kier molecular flexibility index (Phi) is 7.98. The summed E-state index contributed by atoms with van der Waals surface area (Å²) in [6, 6.07) is 28.1. The van der Waals surface area contributed by atoms with Crippen LogP contribution in [0.3, 0.4) is 0 Å². The molecule has 5 heterocycles. The normalized spacial score (nSPS) is 17.7. The maximum absolute atomic E-state index is 14.7. The largest absolute Gasteiger partial charge is 0.368 e. The van der Waals surface area contributed by atoms with E-state index in [0.717, 1.165) is 80.2 Å². The van der Waals surface area contributed by atoms with E-state index in [9.17, 15) is 4.39 Å². The average Bonchev–Trinajstić information content (AvgIpc) is 3.23. The van der Waals surface area contributed by atoms with E-state index < -0.39 is 0 Å². The van der Waals surface area contributed by atoms with Crippen LogP contribution < -0.4 is 0 Å². The Balaban J connectivity index is 1.02. The van der Waals surface area contributed by atoms with Crippen LogP contribution in [0.4, 0.5) is 4.39 Å². The third-order valence-electron chi connectivity index (χ3n) is 11.1. The van der Waals surface area contributed by atoms with Gasteiger partial charge < -0.3 is 4.90 Å². The van der Waals surface area contributed by atoms with Crippen LogP contribution >= 0.6 is 0 Å². The first-order valence-corrected chi connectivity index (χ1v) is 18.7. The highest BCUT2D eigenvalue weighted by atomic mass is 19.1. The molecule has 10 rings (SSSR count). The summed E-state index contributed by atoms with van der Waals surface area (Å²) in [4.78, 5) is 31.4. The van der Waals surface area contributed by atoms with Crippen molar-refractivity contribution < 1.29 is 4.39 Å². The molecule has 4 aromatic heterocycles. The van der Waals surface area contributed by atoms with Crippen LogP contribution in [0.2, 0.25) is 0 Å². The van der Waals surface area contributed by atoms with Crippen LogP contribution in [0.5, 0.6) is 0 Å². The van der Waals surface area contributed by atoms with Gasteiger partial charge in [-0.1, -0.05) is 54.6 Å². The number of nitrogens with zero attached hydrogens (tertiary/aromatic N) is 7. The Morgan fingerprint density at radius 1 is 0.745 bits per heavy atom. The molecule has 2 unspecified atom stereocenters. The second-order valence-electron chi connectivity index (χ2n) is 14.6. The molecule has 8 heteroatoms. The Morgan fingerprint density at radius 2 is 1.49 bits per heavy atom. The topological polar surface area (TPSA) is 80.6 Å². The zero-order valence-corrected chi connectivity index (χ0v) is 30.5. The summed E-state index contributed by atoms with van der Waals surface area (Å²) in [5, 5.41) is 2.25. The van der Waals surface area contributed by atoms with Gasteiger partial charge in [-0.15, -0.1) is 0 Å². The quantitative estimate of drug-likeness (QED) is 0.164. The first-order chi connectivity index (χ1) is 27.0. The van der Waals surface area contributed by atoms with Crippen molar-refractivity contribution in [2.75, 3.05) is 7.05 Å². The third kappa shape index (κ3) is 5.91. The van der Waals surface area contributed by atoms with Gasteiger partial charge in [-0.25, -0.2) is 19.3 Å². The number of rotatable bonds is 5. The monoisotopic (exact) mass is 717 g/mol. The van der Waals surface area contributed by atoms with E-state index in [1.165, 1.54) is 23.3 Å². The predicted octanol–water partition coefficient (Wildman–Crippen LogP) is 10.4. The number of likely N-dealkylation sites (N-methyl/N-ethyl adjacent to an activating group) is 1. The van der Waals surface area contributed by atoms with E-state index in [2.05, 4.69) is 96.0 Å². The number of benzene rings is 3. The number of pyridine rings is 3. The molecule has 2 atom stereocenters. The fourth-order valence-electron chi connectivity index (χ4n) is 8.43. The minimum absolute atomic E-state index is 0.0864. The smallest absolute Gasteiger partial charge is 0.164 e. The van der Waals surface area contributed by atoms with E-state index in [4.69, 9.17) is 24.9 Å². The van der Waals surface area contributed by atoms with Gasteiger partial charge in [-0.2, -0.15) is 0 Å². The van der Waals surface area contributed by atoms with Crippen molar-refractivity contribution in [1.29, 1.82) is 0 Å². The molecule has 1 aliphatic heterocycles. The molecule has 7 nitrogen and oxygen atoms in total. The van der Waals surface area contributed by atoms with Crippen molar-refractivity contribution in [3.8, 4) is 22.8 Å². The lowest BCUT2D eigenvalue weighted by Crippen LogP contribution is -2.26. The molecule has 0 saturated carbocycles. The number of fused-ring (bicyclic) bond motifs is 6. The second-order valence-corrected chi connectivity index (χ2v) is 14.6. The van der Waals surface area contributed by atoms with Crippen molar-refractivity contribution in [1.82, 2.24) is 34.8 Å². The number of aryl methyl sites for hydroxylation is 1. The van der Waals surface area contributed by atoms with Crippen molar-refractivity contribution in [2.45, 2.75) is 38.1 Å². The summed E-state index contributed by atoms with van der Waals surface area (Å²) in [5.41, 5.74) is 12.1. The zero-order valence-electron chi connectivity index (χ0n) is 30.5. The lowest BCUT2D eigenvalue weighted by Gasteiger charge is -2.35. The van der Waals surface area contributed by atoms with Gasteiger partial charge in [0, 0.05) is 53.1 Å². The molecule has 0 N–H and O–H groups in total. The van der Waals surface area contributed by atoms with Crippen molar-refractivity contribution in [3.63, 3.8) is 0 Å². The SMILES string of the molecule is Cc1cc(F)cc(-c2nc(C3=CCC(c4cc5cccnc5c5ncccc45)CC3)nc(-c3ccc(C4=CC5=CC=CN(C)C5c5ncccc54)cc3)n2)c1. The van der Waals surface area contributed by atoms with Crippen LogP contribution in [0.1, 0.15) is 65.0 Å². The minimum atomic E-state index is -0.317. The third-order valence-corrected chi connectivity index (χ3v) is 11.1. The fraction of sp³-hybridized carbons (Fsp3) is 0.149. The molecule has 0 fully saturated rings. The zero-order chi connectivity index (χ0) is 37.0. The fourth-order valence-corrected chi connectivity index (χ4v) is 8.43. The molecule has 0 bridgehead atoms. The van der Waals surface area contributed by atoms with Gasteiger partial charge in [0.05, 0.1) is 22.8 Å². The van der Waals surface area contributed by atoms with E-state index in [0.29, 0.717) is 29.0 Å². The maximum atomic E-state index is 14.7. The molecule has 3 aliphatic rings. The first-order valence-electron chi connectivity index (χ1n) is 18.7. The molecule has 0 spiro atoms. The first kappa shape index (κ1) is 32.9. The molecule has 0 saturated heterocycles. The standard InChI is InChI=1S/C47H36FN7/c1-28-23-35(25-36(48)24-28)47-53-45(31-15-11-29(12-16-31)39-26-33-7-3-19-49-41(33)42-37(39)9-4-20-50-42)52-46(54-47)32-17-13-30(14-18-32)40-27-34-8-6-22-55(2)44(34)43-38(40)10-5-21-51-43/h3-10,13-15,17-27,29,44H,11-12,16H2,1-2H3. The number of halogens is 1. The maximum Gasteiger partial charge on any atom is 0.164 e. The summed E-state index contributed by atoms with van der Waals surface area (Å²) < 4.78 is 14.7. The lowest BCUT2D eigenvalue weighted by molar-refractivity contribution is 0.369. The van der Waals surface area contributed by atoms with E-state index in [1.807, 2.05) is 49.8 Å². The van der Waals surface area contributed by atoms with Gasteiger partial charge in [0.25, 0.3) is 0 Å². The molecule has 266 valence electrons. The molecular formula is C47H36FN7. The highest BCUT2D eigenvalue weighted by Gasteiger charge is 2.30. The molecule has 3 aromatic carbocycles. The summed E-state index contributed by atoms with van der Waals surface area (Å²) in [6.07, 6.45) is 19.0. The van der Waals surface area contributed by atoms with Gasteiger partial charge in [0.1, 0.15) is 5.82 Å². The molecule has 55 heavy (non-hydrogen) atoms. The number of aromatic nitrogens is 6. The lowest BCUT2D eigenvalue weighted by atomic mass is 9.82. The van der Waals surface area contributed by atoms with Gasteiger partial charge in [0.2, 0.25) is 0 Å². The van der Waals surface area contributed by atoms with Gasteiger partial charge in [-0.3, -0.25) is 15.0 Å². The van der Waals surface area contributed by atoms with Crippen LogP contribution in [0.15, 0.2) is 140 Å². The Morgan fingerprint density at radius 3 is 2.31 bits per heavy atom. The average molecular weight is 718 g/mol. The van der Waals surface area contributed by atoms with Crippen molar-refractivity contribution in [3.05, 3.63) is 179 Å². The highest BCUT2D eigenvalue weighted by molar-refractivity contribution is 6.04. The van der Waals surface area contributed by atoms with E-state index in [-0.39, 0.29) is 11.9 Å². The summed E-state index contributed by atoms with van der Waals surface area (Å²) in [7, 11) is 2.09. The number of hydrogen-bond acceptors (Lipinski definition) is 7. The van der Waals surface area contributed by atoms with Crippen LogP contribution in [-0.2, 0) is 0 Å². The summed E-state index contributed by atoms with van der Waals surface area (Å²) in [5.74, 6) is 1.63. The van der Waals surface area contributed by atoms with E-state index in [1.54, 1.807) is 0 Å². The molecular weight excluding hydrogens is 682 g/mol. The Labute approximate surface area is 318 Å². The summed E-state index contributed by atoms with van der Waals surface area (Å²) >= 11 is 0. The van der Waals surface area contributed by atoms with Crippen molar-refractivity contribution in [2.24, 2.45) is 0 Å². The van der Waals surface area contributed by atoms with E-state index >= 15 is 0 Å².